The van der Waals surface area contributed by atoms with Crippen LogP contribution in [0.15, 0.2) is 0 Å². The molecule has 1 aliphatic rings. The molecule has 4 heteroatoms. The Hall–Kier alpha value is -0.160. The first kappa shape index (κ1) is 13.9. The summed E-state index contributed by atoms with van der Waals surface area (Å²) in [5.74, 6) is 0. The normalized spacial score (nSPS) is 26.2. The Morgan fingerprint density at radius 2 is 2.31 bits per heavy atom. The summed E-state index contributed by atoms with van der Waals surface area (Å²) in [4.78, 5) is 2.34. The van der Waals surface area contributed by atoms with E-state index in [4.69, 9.17) is 9.47 Å². The highest BCUT2D eigenvalue weighted by atomic mass is 16.5. The van der Waals surface area contributed by atoms with Gasteiger partial charge in [-0.1, -0.05) is 0 Å². The van der Waals surface area contributed by atoms with E-state index in [0.717, 1.165) is 39.5 Å². The van der Waals surface area contributed by atoms with Gasteiger partial charge in [-0.05, 0) is 26.9 Å². The maximum atomic E-state index is 5.65. The van der Waals surface area contributed by atoms with E-state index in [-0.39, 0.29) is 5.41 Å². The van der Waals surface area contributed by atoms with Gasteiger partial charge in [0.15, 0.2) is 0 Å². The lowest BCUT2D eigenvalue weighted by Gasteiger charge is -2.39. The molecular weight excluding hydrogens is 204 g/mol. The second kappa shape index (κ2) is 7.22. The van der Waals surface area contributed by atoms with Crippen LogP contribution in [0.3, 0.4) is 0 Å². The average molecular weight is 230 g/mol. The molecule has 0 spiro atoms. The van der Waals surface area contributed by atoms with Crippen LogP contribution >= 0.6 is 0 Å². The minimum atomic E-state index is 0.287. The summed E-state index contributed by atoms with van der Waals surface area (Å²) < 4.78 is 10.8. The molecule has 0 aromatic carbocycles. The standard InChI is InChI=1S/C12H26N2O2/c1-13-9-12(5-4-7-16-11-12)10-14(2)6-8-15-3/h13H,4-11H2,1-3H3. The predicted octanol–water partition coefficient (Wildman–Crippen LogP) is 0.581. The second-order valence-corrected chi connectivity index (χ2v) is 4.92. The zero-order valence-corrected chi connectivity index (χ0v) is 10.9. The van der Waals surface area contributed by atoms with Crippen LogP contribution in [0.4, 0.5) is 0 Å². The highest BCUT2D eigenvalue weighted by Gasteiger charge is 2.33. The topological polar surface area (TPSA) is 33.7 Å². The summed E-state index contributed by atoms with van der Waals surface area (Å²) in [6, 6.07) is 0. The van der Waals surface area contributed by atoms with Crippen LogP contribution in [-0.2, 0) is 9.47 Å². The molecule has 1 unspecified atom stereocenters. The van der Waals surface area contributed by atoms with Crippen LogP contribution in [0.5, 0.6) is 0 Å². The van der Waals surface area contributed by atoms with Crippen molar-refractivity contribution in [2.24, 2.45) is 5.41 Å². The van der Waals surface area contributed by atoms with E-state index in [1.807, 2.05) is 7.05 Å². The first-order valence-electron chi connectivity index (χ1n) is 6.12. The lowest BCUT2D eigenvalue weighted by molar-refractivity contribution is -0.0239. The van der Waals surface area contributed by atoms with Gasteiger partial charge in [-0.15, -0.1) is 0 Å². The Bertz CT molecular complexity index is 176. The Labute approximate surface area is 99.3 Å². The highest BCUT2D eigenvalue weighted by molar-refractivity contribution is 4.86. The zero-order valence-electron chi connectivity index (χ0n) is 10.9. The van der Waals surface area contributed by atoms with Crippen molar-refractivity contribution in [1.82, 2.24) is 10.2 Å². The third-order valence-electron chi connectivity index (χ3n) is 3.24. The Kier molecular flexibility index (Phi) is 6.28. The van der Waals surface area contributed by atoms with E-state index >= 15 is 0 Å². The second-order valence-electron chi connectivity index (χ2n) is 4.92. The Morgan fingerprint density at radius 1 is 1.50 bits per heavy atom. The van der Waals surface area contributed by atoms with E-state index in [2.05, 4.69) is 17.3 Å². The molecule has 1 saturated heterocycles. The van der Waals surface area contributed by atoms with Gasteiger partial charge in [-0.25, -0.2) is 0 Å². The smallest absolute Gasteiger partial charge is 0.0589 e. The van der Waals surface area contributed by atoms with Gasteiger partial charge >= 0.3 is 0 Å². The molecule has 1 atom stereocenters. The van der Waals surface area contributed by atoms with Crippen molar-refractivity contribution >= 4 is 0 Å². The van der Waals surface area contributed by atoms with Gasteiger partial charge in [-0.2, -0.15) is 0 Å². The summed E-state index contributed by atoms with van der Waals surface area (Å²) in [6.07, 6.45) is 2.44. The quantitative estimate of drug-likeness (QED) is 0.694. The van der Waals surface area contributed by atoms with Gasteiger partial charge in [-0.3, -0.25) is 0 Å². The van der Waals surface area contributed by atoms with Crippen molar-refractivity contribution in [2.75, 3.05) is 60.7 Å². The molecule has 1 rings (SSSR count). The molecule has 1 fully saturated rings. The van der Waals surface area contributed by atoms with Crippen molar-refractivity contribution < 1.29 is 9.47 Å². The van der Waals surface area contributed by atoms with Crippen LogP contribution in [0.2, 0.25) is 0 Å². The van der Waals surface area contributed by atoms with Crippen LogP contribution in [0.25, 0.3) is 0 Å². The summed E-state index contributed by atoms with van der Waals surface area (Å²) in [5.41, 5.74) is 0.287. The summed E-state index contributed by atoms with van der Waals surface area (Å²) in [7, 11) is 5.93. The summed E-state index contributed by atoms with van der Waals surface area (Å²) in [6.45, 7) is 5.70. The maximum absolute atomic E-state index is 5.65. The van der Waals surface area contributed by atoms with Crippen molar-refractivity contribution in [1.29, 1.82) is 0 Å². The number of rotatable bonds is 7. The third kappa shape index (κ3) is 4.37. The average Bonchev–Trinajstić information content (AvgIpc) is 2.28. The van der Waals surface area contributed by atoms with E-state index in [1.54, 1.807) is 7.11 Å². The minimum Gasteiger partial charge on any atom is -0.383 e. The Balaban J connectivity index is 2.42. The van der Waals surface area contributed by atoms with Crippen LogP contribution < -0.4 is 5.32 Å². The maximum Gasteiger partial charge on any atom is 0.0589 e. The number of likely N-dealkylation sites (N-methyl/N-ethyl adjacent to an activating group) is 1. The first-order chi connectivity index (χ1) is 7.72. The summed E-state index contributed by atoms with van der Waals surface area (Å²) >= 11 is 0. The zero-order chi connectivity index (χ0) is 11.9. The third-order valence-corrected chi connectivity index (χ3v) is 3.24. The van der Waals surface area contributed by atoms with Crippen LogP contribution in [-0.4, -0.2) is 65.6 Å². The molecule has 0 amide bonds. The fourth-order valence-electron chi connectivity index (χ4n) is 2.50. The van der Waals surface area contributed by atoms with Crippen molar-refractivity contribution in [3.63, 3.8) is 0 Å². The molecule has 1 N–H and O–H groups in total. The van der Waals surface area contributed by atoms with Crippen LogP contribution in [0, 0.1) is 5.41 Å². The molecule has 4 nitrogen and oxygen atoms in total. The number of methoxy groups -OCH3 is 1. The first-order valence-corrected chi connectivity index (χ1v) is 6.12. The van der Waals surface area contributed by atoms with Crippen molar-refractivity contribution in [3.05, 3.63) is 0 Å². The number of nitrogens with one attached hydrogen (secondary N) is 1. The van der Waals surface area contributed by atoms with Gasteiger partial charge in [0.05, 0.1) is 13.2 Å². The molecule has 0 aromatic heterocycles. The van der Waals surface area contributed by atoms with E-state index in [1.165, 1.54) is 12.8 Å². The molecule has 0 radical (unpaired) electrons. The Morgan fingerprint density at radius 3 is 2.88 bits per heavy atom. The molecule has 0 saturated carbocycles. The number of hydrogen-bond acceptors (Lipinski definition) is 4. The van der Waals surface area contributed by atoms with E-state index in [9.17, 15) is 0 Å². The SMILES string of the molecule is CNCC1(CN(C)CCOC)CCCOC1. The molecule has 96 valence electrons. The molecule has 1 heterocycles. The minimum absolute atomic E-state index is 0.287. The van der Waals surface area contributed by atoms with Gasteiger partial charge < -0.3 is 19.7 Å². The molecule has 0 aliphatic carbocycles. The lowest BCUT2D eigenvalue weighted by Crippen LogP contribution is -2.48. The van der Waals surface area contributed by atoms with Crippen molar-refractivity contribution in [2.45, 2.75) is 12.8 Å². The number of ether oxygens (including phenoxy) is 2. The molecule has 0 aromatic rings. The number of hydrogen-bond donors (Lipinski definition) is 1. The molecule has 16 heavy (non-hydrogen) atoms. The largest absolute Gasteiger partial charge is 0.383 e. The molecule has 1 aliphatic heterocycles. The van der Waals surface area contributed by atoms with Gasteiger partial charge in [0.1, 0.15) is 0 Å². The molecular formula is C12H26N2O2. The lowest BCUT2D eigenvalue weighted by atomic mass is 9.82. The molecule has 0 bridgehead atoms. The fourth-order valence-corrected chi connectivity index (χ4v) is 2.50. The predicted molar refractivity (Wildman–Crippen MR) is 65.8 cm³/mol. The van der Waals surface area contributed by atoms with Crippen molar-refractivity contribution in [3.8, 4) is 0 Å². The summed E-state index contributed by atoms with van der Waals surface area (Å²) in [5, 5.41) is 3.30. The van der Waals surface area contributed by atoms with Crippen LogP contribution in [0.1, 0.15) is 12.8 Å². The van der Waals surface area contributed by atoms with Gasteiger partial charge in [0, 0.05) is 38.8 Å². The van der Waals surface area contributed by atoms with E-state index < -0.39 is 0 Å². The van der Waals surface area contributed by atoms with Gasteiger partial charge in [0.25, 0.3) is 0 Å². The van der Waals surface area contributed by atoms with E-state index in [0.29, 0.717) is 0 Å². The fraction of sp³-hybridized carbons (Fsp3) is 1.00. The van der Waals surface area contributed by atoms with Gasteiger partial charge in [0.2, 0.25) is 0 Å². The number of nitrogens with zero attached hydrogens (tertiary/aromatic N) is 1. The highest BCUT2D eigenvalue weighted by Crippen LogP contribution is 2.28. The monoisotopic (exact) mass is 230 g/mol.